The zero-order chi connectivity index (χ0) is 17.0. The highest BCUT2D eigenvalue weighted by molar-refractivity contribution is 6.09. The average molecular weight is 315 g/mol. The molecule has 120 valence electrons. The maximum absolute atomic E-state index is 6.13. The van der Waals surface area contributed by atoms with E-state index < -0.39 is 0 Å². The molecule has 4 rings (SSSR count). The van der Waals surface area contributed by atoms with Crippen molar-refractivity contribution in [3.63, 3.8) is 0 Å². The summed E-state index contributed by atoms with van der Waals surface area (Å²) < 4.78 is 2.28. The Bertz CT molecular complexity index is 1080. The van der Waals surface area contributed by atoms with Crippen molar-refractivity contribution in [2.75, 3.05) is 5.73 Å². The Morgan fingerprint density at radius 2 is 1.54 bits per heavy atom. The second-order valence-corrected chi connectivity index (χ2v) is 6.63. The van der Waals surface area contributed by atoms with Gasteiger partial charge < -0.3 is 5.73 Å². The number of fused-ring (bicyclic) bond motifs is 3. The van der Waals surface area contributed by atoms with Crippen LogP contribution in [0.15, 0.2) is 42.5 Å². The molecule has 0 aliphatic heterocycles. The summed E-state index contributed by atoms with van der Waals surface area (Å²) in [5.41, 5.74) is 14.9. The molecule has 0 fully saturated rings. The number of anilines is 1. The summed E-state index contributed by atoms with van der Waals surface area (Å²) in [6.07, 6.45) is 0. The third kappa shape index (κ3) is 2.01. The second kappa shape index (κ2) is 5.10. The first-order valence-corrected chi connectivity index (χ1v) is 8.22. The smallest absolute Gasteiger partial charge is 0.146 e. The maximum Gasteiger partial charge on any atom is 0.146 e. The van der Waals surface area contributed by atoms with Crippen molar-refractivity contribution in [2.24, 2.45) is 0 Å². The van der Waals surface area contributed by atoms with Crippen molar-refractivity contribution in [1.82, 2.24) is 9.55 Å². The van der Waals surface area contributed by atoms with E-state index >= 15 is 0 Å². The molecule has 0 spiro atoms. The summed E-state index contributed by atoms with van der Waals surface area (Å²) in [5, 5.41) is 2.29. The molecule has 0 aliphatic rings. The van der Waals surface area contributed by atoms with Crippen LogP contribution >= 0.6 is 0 Å². The van der Waals surface area contributed by atoms with Crippen LogP contribution in [0.3, 0.4) is 0 Å². The number of nitrogens with two attached hydrogens (primary N) is 1. The van der Waals surface area contributed by atoms with Gasteiger partial charge in [0.25, 0.3) is 0 Å². The number of aromatic nitrogens is 2. The van der Waals surface area contributed by atoms with E-state index in [2.05, 4.69) is 67.8 Å². The molecule has 3 nitrogen and oxygen atoms in total. The molecule has 0 aliphatic carbocycles. The monoisotopic (exact) mass is 315 g/mol. The summed E-state index contributed by atoms with van der Waals surface area (Å²) in [6, 6.07) is 14.9. The summed E-state index contributed by atoms with van der Waals surface area (Å²) in [5.74, 6) is 0. The first-order chi connectivity index (χ1) is 11.5. The normalized spacial score (nSPS) is 11.5. The Kier molecular flexibility index (Phi) is 3.14. The Morgan fingerprint density at radius 3 is 2.25 bits per heavy atom. The summed E-state index contributed by atoms with van der Waals surface area (Å²) in [4.78, 5) is 4.83. The number of nitrogens with zero attached hydrogens (tertiary/aromatic N) is 2. The molecule has 0 atom stereocenters. The number of rotatable bonds is 1. The van der Waals surface area contributed by atoms with Gasteiger partial charge in [0, 0.05) is 10.8 Å². The predicted molar refractivity (Wildman–Crippen MR) is 102 cm³/mol. The number of para-hydroxylation sites is 1. The Labute approximate surface area is 141 Å². The number of aryl methyl sites for hydroxylation is 4. The van der Waals surface area contributed by atoms with E-state index in [0.29, 0.717) is 0 Å². The van der Waals surface area contributed by atoms with Crippen molar-refractivity contribution in [1.29, 1.82) is 0 Å². The maximum atomic E-state index is 6.13. The fourth-order valence-corrected chi connectivity index (χ4v) is 3.74. The molecule has 0 saturated carbocycles. The zero-order valence-electron chi connectivity index (χ0n) is 14.5. The van der Waals surface area contributed by atoms with Crippen molar-refractivity contribution in [3.05, 3.63) is 64.8 Å². The van der Waals surface area contributed by atoms with E-state index in [-0.39, 0.29) is 0 Å². The highest BCUT2D eigenvalue weighted by Crippen LogP contribution is 2.35. The third-order valence-electron chi connectivity index (χ3n) is 4.74. The average Bonchev–Trinajstić information content (AvgIpc) is 2.81. The lowest BCUT2D eigenvalue weighted by Crippen LogP contribution is -2.03. The summed E-state index contributed by atoms with van der Waals surface area (Å²) in [6.45, 7) is 8.44. The molecular formula is C21H21N3. The van der Waals surface area contributed by atoms with Gasteiger partial charge in [0.1, 0.15) is 5.65 Å². The Hall–Kier alpha value is -2.81. The zero-order valence-corrected chi connectivity index (χ0v) is 14.5. The fraction of sp³-hybridized carbons (Fsp3) is 0.190. The van der Waals surface area contributed by atoms with E-state index in [0.717, 1.165) is 22.4 Å². The van der Waals surface area contributed by atoms with Crippen LogP contribution in [0.25, 0.3) is 27.6 Å². The van der Waals surface area contributed by atoms with Gasteiger partial charge in [-0.25, -0.2) is 4.98 Å². The van der Waals surface area contributed by atoms with Crippen LogP contribution in [-0.2, 0) is 0 Å². The van der Waals surface area contributed by atoms with Crippen molar-refractivity contribution < 1.29 is 0 Å². The van der Waals surface area contributed by atoms with Crippen LogP contribution in [0, 0.1) is 27.7 Å². The highest BCUT2D eigenvalue weighted by Gasteiger charge is 2.17. The van der Waals surface area contributed by atoms with Crippen molar-refractivity contribution >= 4 is 27.6 Å². The number of benzene rings is 2. The molecule has 0 bridgehead atoms. The molecule has 0 unspecified atom stereocenters. The first kappa shape index (κ1) is 14.8. The van der Waals surface area contributed by atoms with Gasteiger partial charge in [-0.2, -0.15) is 0 Å². The molecule has 2 N–H and O–H groups in total. The third-order valence-corrected chi connectivity index (χ3v) is 4.74. The van der Waals surface area contributed by atoms with Gasteiger partial charge in [-0.3, -0.25) is 4.57 Å². The lowest BCUT2D eigenvalue weighted by Gasteiger charge is -2.15. The summed E-state index contributed by atoms with van der Waals surface area (Å²) in [7, 11) is 0. The van der Waals surface area contributed by atoms with Gasteiger partial charge in [0.05, 0.1) is 22.6 Å². The Balaban J connectivity index is 2.24. The van der Waals surface area contributed by atoms with E-state index in [1.54, 1.807) is 0 Å². The molecular weight excluding hydrogens is 294 g/mol. The van der Waals surface area contributed by atoms with E-state index in [1.165, 1.54) is 33.3 Å². The van der Waals surface area contributed by atoms with E-state index in [1.807, 2.05) is 6.92 Å². The minimum atomic E-state index is 0.739. The number of hydrogen-bond donors (Lipinski definition) is 1. The quantitative estimate of drug-likeness (QED) is 0.537. The molecule has 2 heterocycles. The van der Waals surface area contributed by atoms with Crippen molar-refractivity contribution in [2.45, 2.75) is 27.7 Å². The second-order valence-electron chi connectivity index (χ2n) is 6.63. The van der Waals surface area contributed by atoms with Crippen LogP contribution in [0.2, 0.25) is 0 Å². The molecule has 2 aromatic heterocycles. The minimum absolute atomic E-state index is 0.739. The van der Waals surface area contributed by atoms with Crippen LogP contribution < -0.4 is 5.73 Å². The first-order valence-electron chi connectivity index (χ1n) is 8.22. The fourth-order valence-electron chi connectivity index (χ4n) is 3.74. The minimum Gasteiger partial charge on any atom is -0.397 e. The van der Waals surface area contributed by atoms with Gasteiger partial charge in [0.15, 0.2) is 0 Å². The van der Waals surface area contributed by atoms with Crippen LogP contribution in [0.5, 0.6) is 0 Å². The lowest BCUT2D eigenvalue weighted by molar-refractivity contribution is 1.07. The molecule has 4 aromatic rings. The van der Waals surface area contributed by atoms with Crippen molar-refractivity contribution in [3.8, 4) is 5.69 Å². The van der Waals surface area contributed by atoms with Crippen LogP contribution in [-0.4, -0.2) is 9.55 Å². The van der Waals surface area contributed by atoms with Gasteiger partial charge in [-0.1, -0.05) is 35.9 Å². The number of hydrogen-bond acceptors (Lipinski definition) is 2. The standard InChI is InChI=1S/C21H21N3/c1-12-9-13(2)20(14(3)10-12)24-19-8-6-5-7-16(19)17-11-18(22)15(4)23-21(17)24/h5-11H,22H2,1-4H3. The topological polar surface area (TPSA) is 43.8 Å². The number of nitrogen functional groups attached to an aromatic ring is 1. The molecule has 3 heteroatoms. The highest BCUT2D eigenvalue weighted by atomic mass is 15.1. The predicted octanol–water partition coefficient (Wildman–Crippen LogP) is 4.99. The van der Waals surface area contributed by atoms with Crippen LogP contribution in [0.4, 0.5) is 5.69 Å². The molecule has 24 heavy (non-hydrogen) atoms. The molecule has 0 amide bonds. The van der Waals surface area contributed by atoms with Gasteiger partial charge in [-0.05, 0) is 51.0 Å². The molecule has 0 saturated heterocycles. The van der Waals surface area contributed by atoms with Gasteiger partial charge in [-0.15, -0.1) is 0 Å². The van der Waals surface area contributed by atoms with Gasteiger partial charge >= 0.3 is 0 Å². The Morgan fingerprint density at radius 1 is 0.875 bits per heavy atom. The van der Waals surface area contributed by atoms with E-state index in [4.69, 9.17) is 10.7 Å². The van der Waals surface area contributed by atoms with Gasteiger partial charge in [0.2, 0.25) is 0 Å². The summed E-state index contributed by atoms with van der Waals surface area (Å²) >= 11 is 0. The van der Waals surface area contributed by atoms with E-state index in [9.17, 15) is 0 Å². The lowest BCUT2D eigenvalue weighted by atomic mass is 10.0. The largest absolute Gasteiger partial charge is 0.397 e. The molecule has 2 aromatic carbocycles. The SMILES string of the molecule is Cc1cc(C)c(-n2c3ccccc3c3cc(N)c(C)nc32)c(C)c1. The molecule has 0 radical (unpaired) electrons. The number of pyridine rings is 1. The van der Waals surface area contributed by atoms with Crippen LogP contribution in [0.1, 0.15) is 22.4 Å².